The topological polar surface area (TPSA) is 101 Å². The van der Waals surface area contributed by atoms with Gasteiger partial charge in [0.15, 0.2) is 0 Å². The van der Waals surface area contributed by atoms with Crippen molar-refractivity contribution in [3.05, 3.63) is 59.9 Å². The number of rotatable bonds is 7. The van der Waals surface area contributed by atoms with Crippen LogP contribution in [-0.4, -0.2) is 31.0 Å². The van der Waals surface area contributed by atoms with Crippen LogP contribution in [0.5, 0.6) is 0 Å². The highest BCUT2D eigenvalue weighted by Crippen LogP contribution is 2.25. The Bertz CT molecular complexity index is 973. The summed E-state index contributed by atoms with van der Waals surface area (Å²) < 4.78 is 0. The summed E-state index contributed by atoms with van der Waals surface area (Å²) in [6.07, 6.45) is 6.07. The van der Waals surface area contributed by atoms with Gasteiger partial charge in [-0.15, -0.1) is 0 Å². The van der Waals surface area contributed by atoms with Crippen LogP contribution in [0.3, 0.4) is 0 Å². The molecule has 1 aromatic carbocycles. The van der Waals surface area contributed by atoms with E-state index in [9.17, 15) is 9.90 Å². The maximum Gasteiger partial charge on any atom is 0.306 e. The number of benzene rings is 1. The van der Waals surface area contributed by atoms with Crippen LogP contribution in [0.15, 0.2) is 42.9 Å². The lowest BCUT2D eigenvalue weighted by Crippen LogP contribution is -2.16. The largest absolute Gasteiger partial charge is 0.481 e. The summed E-state index contributed by atoms with van der Waals surface area (Å²) in [4.78, 5) is 28.5. The quantitative estimate of drug-likeness (QED) is 0.643. The van der Waals surface area contributed by atoms with Crippen molar-refractivity contribution in [2.75, 3.05) is 5.32 Å². The average molecular weight is 377 g/mol. The Morgan fingerprint density at radius 3 is 2.50 bits per heavy atom. The van der Waals surface area contributed by atoms with E-state index >= 15 is 0 Å². The van der Waals surface area contributed by atoms with Crippen molar-refractivity contribution < 1.29 is 9.90 Å². The molecule has 0 aliphatic rings. The first-order valence-electron chi connectivity index (χ1n) is 9.17. The zero-order valence-electron chi connectivity index (χ0n) is 16.2. The second-order valence-corrected chi connectivity index (χ2v) is 6.77. The van der Waals surface area contributed by atoms with Gasteiger partial charge in [0.25, 0.3) is 0 Å². The lowest BCUT2D eigenvalue weighted by molar-refractivity contribution is -0.141. The number of aliphatic carboxylic acids is 1. The minimum Gasteiger partial charge on any atom is -0.481 e. The molecule has 0 aliphatic heterocycles. The summed E-state index contributed by atoms with van der Waals surface area (Å²) in [5.41, 5.74) is 4.67. The molecule has 0 radical (unpaired) electrons. The summed E-state index contributed by atoms with van der Waals surface area (Å²) in [6, 6.07) is 7.90. The van der Waals surface area contributed by atoms with Gasteiger partial charge in [0.2, 0.25) is 5.95 Å². The molecule has 0 aliphatic carbocycles. The number of hydrogen-bond donors (Lipinski definition) is 2. The zero-order valence-corrected chi connectivity index (χ0v) is 16.2. The third-order valence-corrected chi connectivity index (χ3v) is 4.44. The Kier molecular flexibility index (Phi) is 5.93. The van der Waals surface area contributed by atoms with E-state index in [-0.39, 0.29) is 0 Å². The van der Waals surface area contributed by atoms with Gasteiger partial charge in [-0.1, -0.05) is 13.0 Å². The van der Waals surface area contributed by atoms with Crippen LogP contribution >= 0.6 is 0 Å². The van der Waals surface area contributed by atoms with Crippen molar-refractivity contribution in [1.29, 1.82) is 0 Å². The molecular weight excluding hydrogens is 354 g/mol. The van der Waals surface area contributed by atoms with Crippen LogP contribution in [0.25, 0.3) is 11.1 Å². The van der Waals surface area contributed by atoms with E-state index in [2.05, 4.69) is 25.3 Å². The van der Waals surface area contributed by atoms with Gasteiger partial charge in [-0.2, -0.15) is 0 Å². The summed E-state index contributed by atoms with van der Waals surface area (Å²) in [5, 5.41) is 12.4. The van der Waals surface area contributed by atoms with Crippen molar-refractivity contribution >= 4 is 17.6 Å². The molecule has 3 aromatic rings. The molecule has 2 N–H and O–H groups in total. The highest BCUT2D eigenvalue weighted by molar-refractivity contribution is 5.71. The molecule has 1 atom stereocenters. The number of aryl methyl sites for hydroxylation is 2. The van der Waals surface area contributed by atoms with Gasteiger partial charge < -0.3 is 10.4 Å². The molecule has 0 bridgehead atoms. The summed E-state index contributed by atoms with van der Waals surface area (Å²) in [5.74, 6) is -0.197. The van der Waals surface area contributed by atoms with Gasteiger partial charge in [-0.05, 0) is 49.6 Å². The Balaban J connectivity index is 1.81. The number of nitrogens with zero attached hydrogens (tertiary/aromatic N) is 4. The predicted molar refractivity (Wildman–Crippen MR) is 107 cm³/mol. The molecule has 1 unspecified atom stereocenters. The van der Waals surface area contributed by atoms with Crippen LogP contribution in [0, 0.1) is 19.8 Å². The Labute approximate surface area is 163 Å². The molecule has 0 spiro atoms. The summed E-state index contributed by atoms with van der Waals surface area (Å²) in [7, 11) is 0. The first kappa shape index (κ1) is 19.4. The first-order chi connectivity index (χ1) is 13.4. The molecular formula is C21H23N5O2. The van der Waals surface area contributed by atoms with E-state index in [0.29, 0.717) is 24.6 Å². The van der Waals surface area contributed by atoms with E-state index in [4.69, 9.17) is 0 Å². The highest BCUT2D eigenvalue weighted by atomic mass is 16.4. The molecule has 28 heavy (non-hydrogen) atoms. The number of carboxylic acid groups (broad SMARTS) is 1. The van der Waals surface area contributed by atoms with Gasteiger partial charge >= 0.3 is 5.97 Å². The minimum atomic E-state index is -0.817. The minimum absolute atomic E-state index is 0.331. The van der Waals surface area contributed by atoms with Gasteiger partial charge in [0.1, 0.15) is 5.82 Å². The molecule has 2 heterocycles. The summed E-state index contributed by atoms with van der Waals surface area (Å²) in [6.45, 7) is 5.78. The van der Waals surface area contributed by atoms with Crippen LogP contribution < -0.4 is 5.32 Å². The third kappa shape index (κ3) is 4.88. The van der Waals surface area contributed by atoms with Crippen LogP contribution in [0.1, 0.15) is 30.4 Å². The molecule has 0 saturated heterocycles. The molecule has 0 amide bonds. The number of hydrogen-bond acceptors (Lipinski definition) is 6. The van der Waals surface area contributed by atoms with Gasteiger partial charge in [0, 0.05) is 42.0 Å². The number of nitrogens with one attached hydrogen (secondary N) is 1. The first-order valence-corrected chi connectivity index (χ1v) is 9.17. The number of anilines is 2. The predicted octanol–water partition coefficient (Wildman–Crippen LogP) is 3.95. The second kappa shape index (κ2) is 8.56. The monoisotopic (exact) mass is 377 g/mol. The van der Waals surface area contributed by atoms with E-state index < -0.39 is 11.9 Å². The lowest BCUT2D eigenvalue weighted by atomic mass is 10.0. The Hall–Kier alpha value is -3.35. The van der Waals surface area contributed by atoms with Crippen molar-refractivity contribution in [3.63, 3.8) is 0 Å². The van der Waals surface area contributed by atoms with Crippen molar-refractivity contribution in [2.45, 2.75) is 33.6 Å². The van der Waals surface area contributed by atoms with Crippen molar-refractivity contribution in [2.24, 2.45) is 5.92 Å². The van der Waals surface area contributed by atoms with Gasteiger partial charge in [-0.25, -0.2) is 19.9 Å². The van der Waals surface area contributed by atoms with Crippen molar-refractivity contribution in [3.8, 4) is 11.1 Å². The number of carboxylic acids is 1. The normalized spacial score (nSPS) is 11.8. The van der Waals surface area contributed by atoms with Crippen LogP contribution in [0.4, 0.5) is 11.6 Å². The fourth-order valence-electron chi connectivity index (χ4n) is 2.90. The maximum absolute atomic E-state index is 11.2. The van der Waals surface area contributed by atoms with Crippen LogP contribution in [-0.2, 0) is 11.2 Å². The third-order valence-electron chi connectivity index (χ3n) is 4.44. The fourth-order valence-corrected chi connectivity index (χ4v) is 2.90. The Morgan fingerprint density at radius 1 is 1.11 bits per heavy atom. The standard InChI is InChI=1S/C21H23N5O2/c1-4-15(20(27)28)10-19-23-11-17(12-24-19)16-7-13(2)8-18(9-16)26-21-22-6-5-14(3)25-21/h5-9,11-12,15H,4,10H2,1-3H3,(H,27,28)(H,22,25,26). The molecule has 2 aromatic heterocycles. The smallest absolute Gasteiger partial charge is 0.306 e. The van der Waals surface area contributed by atoms with E-state index in [1.54, 1.807) is 18.6 Å². The molecule has 7 nitrogen and oxygen atoms in total. The highest BCUT2D eigenvalue weighted by Gasteiger charge is 2.17. The van der Waals surface area contributed by atoms with Gasteiger partial charge in [0.05, 0.1) is 5.92 Å². The van der Waals surface area contributed by atoms with E-state index in [1.165, 1.54) is 0 Å². The molecule has 0 fully saturated rings. The Morgan fingerprint density at radius 2 is 1.86 bits per heavy atom. The lowest BCUT2D eigenvalue weighted by Gasteiger charge is -2.11. The number of carbonyl (C=O) groups is 1. The number of aromatic nitrogens is 4. The van der Waals surface area contributed by atoms with E-state index in [0.717, 1.165) is 28.1 Å². The van der Waals surface area contributed by atoms with Gasteiger partial charge in [-0.3, -0.25) is 4.79 Å². The summed E-state index contributed by atoms with van der Waals surface area (Å²) >= 11 is 0. The SMILES string of the molecule is CCC(Cc1ncc(-c2cc(C)cc(Nc3nccc(C)n3)c2)cn1)C(=O)O. The second-order valence-electron chi connectivity index (χ2n) is 6.77. The van der Waals surface area contributed by atoms with E-state index in [1.807, 2.05) is 45.0 Å². The molecule has 0 saturated carbocycles. The van der Waals surface area contributed by atoms with Crippen molar-refractivity contribution in [1.82, 2.24) is 19.9 Å². The van der Waals surface area contributed by atoms with Crippen LogP contribution in [0.2, 0.25) is 0 Å². The molecule has 7 heteroatoms. The molecule has 3 rings (SSSR count). The molecule has 144 valence electrons. The average Bonchev–Trinajstić information content (AvgIpc) is 2.66. The maximum atomic E-state index is 11.2. The zero-order chi connectivity index (χ0) is 20.1. The fraction of sp³-hybridized carbons (Fsp3) is 0.286.